The number of nitrogens with one attached hydrogen (secondary N) is 1. The summed E-state index contributed by atoms with van der Waals surface area (Å²) in [5.41, 5.74) is 5.65. The van der Waals surface area contributed by atoms with E-state index in [1.54, 1.807) is 0 Å². The first-order chi connectivity index (χ1) is 7.68. The van der Waals surface area contributed by atoms with E-state index in [1.165, 1.54) is 0 Å². The van der Waals surface area contributed by atoms with Crippen LogP contribution in [-0.4, -0.2) is 30.2 Å². The summed E-state index contributed by atoms with van der Waals surface area (Å²) in [4.78, 5) is 12.4. The number of thiocarbonyl (C=S) groups is 1. The van der Waals surface area contributed by atoms with Crippen molar-refractivity contribution >= 4 is 23.1 Å². The lowest BCUT2D eigenvalue weighted by atomic mass is 9.98. The summed E-state index contributed by atoms with van der Waals surface area (Å²) in [5, 5.41) is 2.99. The number of hydrogen-bond donors (Lipinski definition) is 2. The van der Waals surface area contributed by atoms with E-state index in [9.17, 15) is 4.79 Å². The largest absolute Gasteiger partial charge is 0.392 e. The topological polar surface area (TPSA) is 64.3 Å². The zero-order valence-corrected chi connectivity index (χ0v) is 10.1. The fourth-order valence-corrected chi connectivity index (χ4v) is 2.33. The Bertz CT molecular complexity index is 286. The van der Waals surface area contributed by atoms with Crippen LogP contribution >= 0.6 is 12.2 Å². The molecular formula is C11H18N2O2S. The zero-order valence-electron chi connectivity index (χ0n) is 9.28. The summed E-state index contributed by atoms with van der Waals surface area (Å²) in [6.07, 6.45) is 3.85. The molecule has 0 spiro atoms. The molecule has 1 aliphatic carbocycles. The van der Waals surface area contributed by atoms with E-state index in [0.717, 1.165) is 25.7 Å². The minimum Gasteiger partial charge on any atom is -0.392 e. The molecule has 4 nitrogen and oxygen atoms in total. The highest BCUT2D eigenvalue weighted by atomic mass is 32.1. The predicted molar refractivity (Wildman–Crippen MR) is 65.0 cm³/mol. The highest BCUT2D eigenvalue weighted by Gasteiger charge is 2.35. The second-order valence-electron chi connectivity index (χ2n) is 4.61. The normalized spacial score (nSPS) is 23.8. The Morgan fingerprint density at radius 2 is 1.94 bits per heavy atom. The number of nitrogens with two attached hydrogens (primary N) is 1. The SMILES string of the molecule is NC(=S)C(NC(=O)C1CCOCC1)C1CC1. The third kappa shape index (κ3) is 2.92. The summed E-state index contributed by atoms with van der Waals surface area (Å²) < 4.78 is 5.23. The van der Waals surface area contributed by atoms with Gasteiger partial charge in [-0.05, 0) is 31.6 Å². The molecule has 1 amide bonds. The van der Waals surface area contributed by atoms with Crippen molar-refractivity contribution in [3.63, 3.8) is 0 Å². The van der Waals surface area contributed by atoms with Gasteiger partial charge in [0.25, 0.3) is 0 Å². The third-order valence-corrected chi connectivity index (χ3v) is 3.54. The van der Waals surface area contributed by atoms with Crippen LogP contribution in [0.4, 0.5) is 0 Å². The molecule has 16 heavy (non-hydrogen) atoms. The maximum atomic E-state index is 12.0. The van der Waals surface area contributed by atoms with Crippen LogP contribution in [0.2, 0.25) is 0 Å². The molecule has 2 aliphatic rings. The standard InChI is InChI=1S/C11H18N2O2S/c12-10(16)9(7-1-2-7)13-11(14)8-3-5-15-6-4-8/h7-9H,1-6H2,(H2,12,16)(H,13,14). The second-order valence-corrected chi connectivity index (χ2v) is 5.08. The number of rotatable bonds is 4. The first-order valence-corrected chi connectivity index (χ1v) is 6.26. The van der Waals surface area contributed by atoms with E-state index in [-0.39, 0.29) is 17.9 Å². The van der Waals surface area contributed by atoms with Gasteiger partial charge in [-0.3, -0.25) is 4.79 Å². The molecule has 2 fully saturated rings. The van der Waals surface area contributed by atoms with Gasteiger partial charge in [0.05, 0.1) is 11.0 Å². The van der Waals surface area contributed by atoms with E-state index in [1.807, 2.05) is 0 Å². The molecule has 2 rings (SSSR count). The van der Waals surface area contributed by atoms with Gasteiger partial charge in [-0.2, -0.15) is 0 Å². The third-order valence-electron chi connectivity index (χ3n) is 3.29. The maximum Gasteiger partial charge on any atom is 0.223 e. The lowest BCUT2D eigenvalue weighted by Gasteiger charge is -2.24. The van der Waals surface area contributed by atoms with Crippen LogP contribution in [-0.2, 0) is 9.53 Å². The molecule has 1 saturated carbocycles. The van der Waals surface area contributed by atoms with Crippen LogP contribution in [0.1, 0.15) is 25.7 Å². The Morgan fingerprint density at radius 3 is 2.44 bits per heavy atom. The Balaban J connectivity index is 1.86. The van der Waals surface area contributed by atoms with Gasteiger partial charge in [-0.1, -0.05) is 12.2 Å². The summed E-state index contributed by atoms with van der Waals surface area (Å²) >= 11 is 4.99. The van der Waals surface area contributed by atoms with Crippen molar-refractivity contribution in [3.05, 3.63) is 0 Å². The molecule has 0 bridgehead atoms. The summed E-state index contributed by atoms with van der Waals surface area (Å²) in [6.45, 7) is 1.36. The summed E-state index contributed by atoms with van der Waals surface area (Å²) in [6, 6.07) is -0.0923. The van der Waals surface area contributed by atoms with Gasteiger partial charge in [0, 0.05) is 19.1 Å². The van der Waals surface area contributed by atoms with Gasteiger partial charge >= 0.3 is 0 Å². The van der Waals surface area contributed by atoms with E-state index >= 15 is 0 Å². The van der Waals surface area contributed by atoms with Gasteiger partial charge in [0.15, 0.2) is 0 Å². The van der Waals surface area contributed by atoms with E-state index in [4.69, 9.17) is 22.7 Å². The monoisotopic (exact) mass is 242 g/mol. The van der Waals surface area contributed by atoms with E-state index < -0.39 is 0 Å². The van der Waals surface area contributed by atoms with Gasteiger partial charge < -0.3 is 15.8 Å². The fraction of sp³-hybridized carbons (Fsp3) is 0.818. The van der Waals surface area contributed by atoms with Crippen molar-refractivity contribution in [1.82, 2.24) is 5.32 Å². The molecule has 0 radical (unpaired) electrons. The van der Waals surface area contributed by atoms with Crippen molar-refractivity contribution in [2.24, 2.45) is 17.6 Å². The van der Waals surface area contributed by atoms with Crippen molar-refractivity contribution in [2.45, 2.75) is 31.7 Å². The van der Waals surface area contributed by atoms with Crippen molar-refractivity contribution < 1.29 is 9.53 Å². The maximum absolute atomic E-state index is 12.0. The summed E-state index contributed by atoms with van der Waals surface area (Å²) in [7, 11) is 0. The fourth-order valence-electron chi connectivity index (χ4n) is 2.08. The van der Waals surface area contributed by atoms with Crippen LogP contribution < -0.4 is 11.1 Å². The predicted octanol–water partition coefficient (Wildman–Crippen LogP) is 0.594. The minimum absolute atomic E-state index is 0.0735. The quantitative estimate of drug-likeness (QED) is 0.708. The smallest absolute Gasteiger partial charge is 0.223 e. The van der Waals surface area contributed by atoms with Crippen molar-refractivity contribution in [2.75, 3.05) is 13.2 Å². The number of hydrogen-bond acceptors (Lipinski definition) is 3. The first-order valence-electron chi connectivity index (χ1n) is 5.86. The number of amides is 1. The number of ether oxygens (including phenoxy) is 1. The van der Waals surface area contributed by atoms with Gasteiger partial charge in [0.2, 0.25) is 5.91 Å². The molecule has 1 unspecified atom stereocenters. The molecule has 1 heterocycles. The van der Waals surface area contributed by atoms with Gasteiger partial charge in [0.1, 0.15) is 0 Å². The second kappa shape index (κ2) is 5.10. The Labute approximate surface area is 101 Å². The first kappa shape index (κ1) is 11.8. The molecular weight excluding hydrogens is 224 g/mol. The Morgan fingerprint density at radius 1 is 1.31 bits per heavy atom. The van der Waals surface area contributed by atoms with Crippen LogP contribution in [0.25, 0.3) is 0 Å². The van der Waals surface area contributed by atoms with E-state index in [2.05, 4.69) is 5.32 Å². The molecule has 90 valence electrons. The number of carbonyl (C=O) groups excluding carboxylic acids is 1. The van der Waals surface area contributed by atoms with Crippen LogP contribution in [0.5, 0.6) is 0 Å². The Kier molecular flexibility index (Phi) is 3.76. The lowest BCUT2D eigenvalue weighted by molar-refractivity contribution is -0.128. The van der Waals surface area contributed by atoms with Crippen LogP contribution in [0.3, 0.4) is 0 Å². The molecule has 0 aromatic carbocycles. The van der Waals surface area contributed by atoms with Gasteiger partial charge in [-0.15, -0.1) is 0 Å². The molecule has 3 N–H and O–H groups in total. The average Bonchev–Trinajstić information content (AvgIpc) is 3.10. The number of carbonyl (C=O) groups is 1. The average molecular weight is 242 g/mol. The van der Waals surface area contributed by atoms with Crippen LogP contribution in [0.15, 0.2) is 0 Å². The van der Waals surface area contributed by atoms with Crippen molar-refractivity contribution in [3.8, 4) is 0 Å². The molecule has 1 atom stereocenters. The molecule has 0 aromatic rings. The summed E-state index contributed by atoms with van der Waals surface area (Å²) in [5.74, 6) is 0.638. The molecule has 1 saturated heterocycles. The minimum atomic E-state index is -0.0923. The van der Waals surface area contributed by atoms with Crippen molar-refractivity contribution in [1.29, 1.82) is 0 Å². The Hall–Kier alpha value is -0.680. The molecule has 0 aromatic heterocycles. The van der Waals surface area contributed by atoms with Gasteiger partial charge in [-0.25, -0.2) is 0 Å². The highest BCUT2D eigenvalue weighted by molar-refractivity contribution is 7.80. The zero-order chi connectivity index (χ0) is 11.5. The van der Waals surface area contributed by atoms with E-state index in [0.29, 0.717) is 24.1 Å². The highest BCUT2D eigenvalue weighted by Crippen LogP contribution is 2.33. The molecule has 1 aliphatic heterocycles. The van der Waals surface area contributed by atoms with Crippen LogP contribution in [0, 0.1) is 11.8 Å². The molecule has 5 heteroatoms. The lowest BCUT2D eigenvalue weighted by Crippen LogP contribution is -2.47.